The van der Waals surface area contributed by atoms with Crippen molar-refractivity contribution < 1.29 is 14.3 Å². The lowest BCUT2D eigenvalue weighted by molar-refractivity contribution is -0.134. The summed E-state index contributed by atoms with van der Waals surface area (Å²) in [5, 5.41) is 0. The molecule has 0 radical (unpaired) electrons. The summed E-state index contributed by atoms with van der Waals surface area (Å²) in [7, 11) is 1.31. The molecule has 0 saturated heterocycles. The minimum Gasteiger partial charge on any atom is -0.466 e. The molecule has 0 spiro atoms. The van der Waals surface area contributed by atoms with Gasteiger partial charge >= 0.3 is 5.97 Å². The maximum absolute atomic E-state index is 11.3. The third-order valence-corrected chi connectivity index (χ3v) is 2.49. The number of Topliss-reactive ketones (excluding diaryl/α,β-unsaturated/α-hetero) is 1. The van der Waals surface area contributed by atoms with Crippen LogP contribution in [0, 0.1) is 0 Å². The van der Waals surface area contributed by atoms with Crippen molar-refractivity contribution in [2.45, 2.75) is 6.92 Å². The van der Waals surface area contributed by atoms with Crippen molar-refractivity contribution in [1.82, 2.24) is 0 Å². The fourth-order valence-corrected chi connectivity index (χ4v) is 1.60. The third kappa shape index (κ3) is 3.31. The van der Waals surface area contributed by atoms with Crippen LogP contribution >= 0.6 is 15.9 Å². The number of rotatable bonds is 3. The molecule has 0 atom stereocenters. The summed E-state index contributed by atoms with van der Waals surface area (Å²) >= 11 is 3.31. The van der Waals surface area contributed by atoms with Gasteiger partial charge in [0, 0.05) is 16.1 Å². The minimum absolute atomic E-state index is 0.0444. The van der Waals surface area contributed by atoms with Crippen LogP contribution in [0.15, 0.2) is 28.7 Å². The van der Waals surface area contributed by atoms with E-state index in [4.69, 9.17) is 0 Å². The number of hydrogen-bond acceptors (Lipinski definition) is 3. The Kier molecular flexibility index (Phi) is 4.43. The molecule has 1 aromatic rings. The molecule has 0 aromatic heterocycles. The number of hydrogen-bond donors (Lipinski definition) is 0. The molecule has 1 rings (SSSR count). The van der Waals surface area contributed by atoms with Crippen LogP contribution in [0.3, 0.4) is 0 Å². The molecule has 0 amide bonds. The zero-order valence-electron chi connectivity index (χ0n) is 8.99. The molecule has 0 aliphatic heterocycles. The van der Waals surface area contributed by atoms with E-state index in [9.17, 15) is 9.59 Å². The van der Waals surface area contributed by atoms with E-state index >= 15 is 0 Å². The van der Waals surface area contributed by atoms with Crippen molar-refractivity contribution in [1.29, 1.82) is 0 Å². The topological polar surface area (TPSA) is 43.4 Å². The summed E-state index contributed by atoms with van der Waals surface area (Å²) in [4.78, 5) is 22.3. The van der Waals surface area contributed by atoms with Crippen LogP contribution in [-0.4, -0.2) is 18.9 Å². The van der Waals surface area contributed by atoms with Crippen LogP contribution in [0.1, 0.15) is 22.8 Å². The maximum atomic E-state index is 11.3. The molecule has 84 valence electrons. The maximum Gasteiger partial charge on any atom is 0.330 e. The number of carbonyl (C=O) groups is 2. The normalized spacial score (nSPS) is 10.4. The van der Waals surface area contributed by atoms with Gasteiger partial charge in [-0.1, -0.05) is 15.9 Å². The van der Waals surface area contributed by atoms with Gasteiger partial charge in [-0.05, 0) is 36.8 Å². The molecule has 0 aliphatic rings. The van der Waals surface area contributed by atoms with E-state index < -0.39 is 5.97 Å². The predicted molar refractivity (Wildman–Crippen MR) is 65.2 cm³/mol. The average molecular weight is 283 g/mol. The fourth-order valence-electron chi connectivity index (χ4n) is 1.22. The Morgan fingerprint density at radius 3 is 2.62 bits per heavy atom. The van der Waals surface area contributed by atoms with E-state index in [2.05, 4.69) is 20.7 Å². The number of ketones is 1. The second kappa shape index (κ2) is 5.61. The molecule has 0 N–H and O–H groups in total. The molecule has 3 nitrogen and oxygen atoms in total. The first-order chi connectivity index (χ1) is 7.54. The molecule has 0 saturated carbocycles. The molecular formula is C12H11BrO3. The summed E-state index contributed by atoms with van der Waals surface area (Å²) in [6.45, 7) is 1.48. The van der Waals surface area contributed by atoms with Crippen molar-refractivity contribution in [3.63, 3.8) is 0 Å². The monoisotopic (exact) mass is 282 g/mol. The SMILES string of the molecule is COC(=O)/C=C/c1cc(Br)ccc1C(C)=O. The van der Waals surface area contributed by atoms with Gasteiger partial charge in [-0.2, -0.15) is 0 Å². The van der Waals surface area contributed by atoms with Crippen molar-refractivity contribution >= 4 is 33.8 Å². The van der Waals surface area contributed by atoms with E-state index in [0.29, 0.717) is 11.1 Å². The quantitative estimate of drug-likeness (QED) is 0.486. The summed E-state index contributed by atoms with van der Waals surface area (Å²) in [6, 6.07) is 5.27. The molecule has 0 unspecified atom stereocenters. The van der Waals surface area contributed by atoms with Gasteiger partial charge in [-0.15, -0.1) is 0 Å². The Morgan fingerprint density at radius 2 is 2.06 bits per heavy atom. The van der Waals surface area contributed by atoms with Gasteiger partial charge in [0.2, 0.25) is 0 Å². The Hall–Kier alpha value is -1.42. The zero-order valence-corrected chi connectivity index (χ0v) is 10.6. The lowest BCUT2D eigenvalue weighted by Gasteiger charge is -2.02. The molecule has 4 heteroatoms. The summed E-state index contributed by atoms with van der Waals surface area (Å²) in [6.07, 6.45) is 2.85. The Labute approximate surface area is 102 Å². The van der Waals surface area contributed by atoms with Crippen LogP contribution < -0.4 is 0 Å². The smallest absolute Gasteiger partial charge is 0.330 e. The van der Waals surface area contributed by atoms with Crippen molar-refractivity contribution in [2.75, 3.05) is 7.11 Å². The van der Waals surface area contributed by atoms with Gasteiger partial charge in [0.25, 0.3) is 0 Å². The molecule has 0 fully saturated rings. The van der Waals surface area contributed by atoms with E-state index in [1.165, 1.54) is 20.1 Å². The highest BCUT2D eigenvalue weighted by atomic mass is 79.9. The number of benzene rings is 1. The highest BCUT2D eigenvalue weighted by Gasteiger charge is 2.05. The van der Waals surface area contributed by atoms with E-state index in [1.807, 2.05) is 0 Å². The van der Waals surface area contributed by atoms with Crippen molar-refractivity contribution in [2.24, 2.45) is 0 Å². The molecule has 0 aliphatic carbocycles. The number of carbonyl (C=O) groups excluding carboxylic acids is 2. The molecular weight excluding hydrogens is 272 g/mol. The first-order valence-electron chi connectivity index (χ1n) is 4.61. The van der Waals surface area contributed by atoms with Gasteiger partial charge in [0.05, 0.1) is 7.11 Å². The molecule has 0 bridgehead atoms. The van der Waals surface area contributed by atoms with Crippen LogP contribution in [0.5, 0.6) is 0 Å². The lowest BCUT2D eigenvalue weighted by Crippen LogP contribution is -1.97. The number of ether oxygens (including phenoxy) is 1. The highest BCUT2D eigenvalue weighted by molar-refractivity contribution is 9.10. The summed E-state index contributed by atoms with van der Waals surface area (Å²) in [5.74, 6) is -0.494. The van der Waals surface area contributed by atoms with Gasteiger partial charge < -0.3 is 4.74 Å². The zero-order chi connectivity index (χ0) is 12.1. The van der Waals surface area contributed by atoms with Crippen molar-refractivity contribution in [3.8, 4) is 0 Å². The second-order valence-corrected chi connectivity index (χ2v) is 4.06. The van der Waals surface area contributed by atoms with Gasteiger partial charge in [0.1, 0.15) is 0 Å². The summed E-state index contributed by atoms with van der Waals surface area (Å²) < 4.78 is 5.33. The van der Waals surface area contributed by atoms with Crippen LogP contribution in [0.2, 0.25) is 0 Å². The number of esters is 1. The number of halogens is 1. The largest absolute Gasteiger partial charge is 0.466 e. The number of methoxy groups -OCH3 is 1. The molecule has 0 heterocycles. The Balaban J connectivity index is 3.10. The van der Waals surface area contributed by atoms with Gasteiger partial charge in [-0.3, -0.25) is 4.79 Å². The first-order valence-corrected chi connectivity index (χ1v) is 5.40. The molecule has 16 heavy (non-hydrogen) atoms. The van der Waals surface area contributed by atoms with Crippen LogP contribution in [0.4, 0.5) is 0 Å². The van der Waals surface area contributed by atoms with Crippen LogP contribution in [-0.2, 0) is 9.53 Å². The van der Waals surface area contributed by atoms with E-state index in [-0.39, 0.29) is 5.78 Å². The highest BCUT2D eigenvalue weighted by Crippen LogP contribution is 2.18. The Morgan fingerprint density at radius 1 is 1.38 bits per heavy atom. The average Bonchev–Trinajstić information content (AvgIpc) is 2.25. The first kappa shape index (κ1) is 12.6. The predicted octanol–water partition coefficient (Wildman–Crippen LogP) is 2.84. The van der Waals surface area contributed by atoms with Crippen molar-refractivity contribution in [3.05, 3.63) is 39.9 Å². The Bertz CT molecular complexity index is 450. The second-order valence-electron chi connectivity index (χ2n) is 3.14. The minimum atomic E-state index is -0.450. The van der Waals surface area contributed by atoms with E-state index in [1.54, 1.807) is 24.3 Å². The van der Waals surface area contributed by atoms with Crippen LogP contribution in [0.25, 0.3) is 6.08 Å². The standard InChI is InChI=1S/C12H11BrO3/c1-8(14)11-5-4-10(13)7-9(11)3-6-12(15)16-2/h3-7H,1-2H3/b6-3+. The summed E-state index contributed by atoms with van der Waals surface area (Å²) in [5.41, 5.74) is 1.26. The van der Waals surface area contributed by atoms with Gasteiger partial charge in [0.15, 0.2) is 5.78 Å². The fraction of sp³-hybridized carbons (Fsp3) is 0.167. The molecule has 1 aromatic carbocycles. The lowest BCUT2D eigenvalue weighted by atomic mass is 10.0. The van der Waals surface area contributed by atoms with E-state index in [0.717, 1.165) is 4.47 Å². The third-order valence-electron chi connectivity index (χ3n) is 1.99. The van der Waals surface area contributed by atoms with Gasteiger partial charge in [-0.25, -0.2) is 4.79 Å².